The Morgan fingerprint density at radius 3 is 2.22 bits per heavy atom. The molecular weight excluding hydrogens is 230 g/mol. The third-order valence-corrected chi connectivity index (χ3v) is 2.92. The van der Waals surface area contributed by atoms with E-state index >= 15 is 0 Å². The van der Waals surface area contributed by atoms with Crippen molar-refractivity contribution in [2.45, 2.75) is 32.7 Å². The lowest BCUT2D eigenvalue weighted by Crippen LogP contribution is -2.48. The fraction of sp³-hybridized carbons (Fsp3) is 0.923. The van der Waals surface area contributed by atoms with Gasteiger partial charge in [0.25, 0.3) is 0 Å². The van der Waals surface area contributed by atoms with Crippen molar-refractivity contribution in [3.05, 3.63) is 0 Å². The van der Waals surface area contributed by atoms with E-state index in [4.69, 9.17) is 10.8 Å². The Hall–Kier alpha value is -0.650. The van der Waals surface area contributed by atoms with Crippen LogP contribution in [0.25, 0.3) is 0 Å². The van der Waals surface area contributed by atoms with E-state index in [1.807, 2.05) is 14.1 Å². The lowest BCUT2D eigenvalue weighted by molar-refractivity contribution is -0.143. The Balaban J connectivity index is 4.27. The molecule has 108 valence electrons. The molecule has 0 aromatic carbocycles. The Bertz CT molecular complexity index is 253. The molecule has 0 aromatic rings. The van der Waals surface area contributed by atoms with Gasteiger partial charge in [-0.3, -0.25) is 4.79 Å². The normalized spacial score (nSPS) is 15.4. The number of hydrogen-bond acceptors (Lipinski definition) is 4. The molecule has 1 atom stereocenters. The molecule has 5 nitrogen and oxygen atoms in total. The van der Waals surface area contributed by atoms with Crippen LogP contribution in [-0.2, 0) is 4.79 Å². The predicted octanol–water partition coefficient (Wildman–Crippen LogP) is 0.698. The van der Waals surface area contributed by atoms with Crippen molar-refractivity contribution >= 4 is 5.97 Å². The van der Waals surface area contributed by atoms with Crippen LogP contribution in [0.2, 0.25) is 0 Å². The summed E-state index contributed by atoms with van der Waals surface area (Å²) in [7, 11) is 4.08. The first kappa shape index (κ1) is 17.4. The van der Waals surface area contributed by atoms with Gasteiger partial charge in [0, 0.05) is 26.2 Å². The minimum atomic E-state index is -1.13. The van der Waals surface area contributed by atoms with Crippen LogP contribution in [0.4, 0.5) is 0 Å². The zero-order valence-electron chi connectivity index (χ0n) is 12.4. The van der Waals surface area contributed by atoms with Gasteiger partial charge in [-0.2, -0.15) is 0 Å². The zero-order chi connectivity index (χ0) is 14.3. The van der Waals surface area contributed by atoms with Crippen molar-refractivity contribution in [3.8, 4) is 0 Å². The second-order valence-electron chi connectivity index (χ2n) is 5.97. The van der Waals surface area contributed by atoms with Gasteiger partial charge in [0.05, 0.1) is 0 Å². The fourth-order valence-electron chi connectivity index (χ4n) is 1.65. The molecule has 3 N–H and O–H groups in total. The Kier molecular flexibility index (Phi) is 7.43. The molecule has 0 aromatic heterocycles. The van der Waals surface area contributed by atoms with Crippen LogP contribution >= 0.6 is 0 Å². The highest BCUT2D eigenvalue weighted by Crippen LogP contribution is 2.09. The molecule has 0 rings (SSSR count). The molecule has 0 bridgehead atoms. The smallest absolute Gasteiger partial charge is 0.323 e. The summed E-state index contributed by atoms with van der Waals surface area (Å²) in [5.74, 6) is -0.361. The number of carbonyl (C=O) groups is 1. The van der Waals surface area contributed by atoms with Crippen LogP contribution in [0.15, 0.2) is 0 Å². The van der Waals surface area contributed by atoms with Crippen molar-refractivity contribution in [2.24, 2.45) is 11.7 Å². The Morgan fingerprint density at radius 1 is 1.28 bits per heavy atom. The van der Waals surface area contributed by atoms with Crippen molar-refractivity contribution < 1.29 is 9.90 Å². The maximum absolute atomic E-state index is 11.0. The van der Waals surface area contributed by atoms with E-state index in [-0.39, 0.29) is 0 Å². The van der Waals surface area contributed by atoms with Gasteiger partial charge < -0.3 is 20.6 Å². The van der Waals surface area contributed by atoms with E-state index in [2.05, 4.69) is 23.6 Å². The summed E-state index contributed by atoms with van der Waals surface area (Å²) in [6.45, 7) is 9.54. The topological polar surface area (TPSA) is 69.8 Å². The molecule has 0 heterocycles. The van der Waals surface area contributed by atoms with Gasteiger partial charge in [-0.25, -0.2) is 0 Å². The van der Waals surface area contributed by atoms with Gasteiger partial charge in [0.2, 0.25) is 0 Å². The largest absolute Gasteiger partial charge is 0.480 e. The minimum absolute atomic E-state index is 0.475. The van der Waals surface area contributed by atoms with E-state index in [0.717, 1.165) is 26.2 Å². The zero-order valence-corrected chi connectivity index (χ0v) is 12.4. The van der Waals surface area contributed by atoms with Crippen LogP contribution in [0, 0.1) is 5.92 Å². The van der Waals surface area contributed by atoms with Crippen LogP contribution in [0.1, 0.15) is 27.2 Å². The van der Waals surface area contributed by atoms with Crippen LogP contribution < -0.4 is 5.73 Å². The molecule has 0 aliphatic carbocycles. The van der Waals surface area contributed by atoms with E-state index in [9.17, 15) is 4.79 Å². The molecule has 0 saturated carbocycles. The third-order valence-electron chi connectivity index (χ3n) is 2.92. The number of rotatable bonds is 9. The maximum Gasteiger partial charge on any atom is 0.323 e. The first-order chi connectivity index (χ1) is 8.15. The highest BCUT2D eigenvalue weighted by Gasteiger charge is 2.28. The van der Waals surface area contributed by atoms with Crippen LogP contribution in [0.5, 0.6) is 0 Å². The summed E-state index contributed by atoms with van der Waals surface area (Å²) >= 11 is 0. The molecule has 0 saturated heterocycles. The van der Waals surface area contributed by atoms with E-state index in [0.29, 0.717) is 12.3 Å². The average molecular weight is 259 g/mol. The van der Waals surface area contributed by atoms with Crippen molar-refractivity contribution in [2.75, 3.05) is 40.3 Å². The molecule has 0 amide bonds. The second-order valence-corrected chi connectivity index (χ2v) is 5.97. The first-order valence-corrected chi connectivity index (χ1v) is 6.54. The first-order valence-electron chi connectivity index (χ1n) is 6.54. The highest BCUT2D eigenvalue weighted by molar-refractivity contribution is 5.77. The van der Waals surface area contributed by atoms with E-state index in [1.165, 1.54) is 0 Å². The summed E-state index contributed by atoms with van der Waals surface area (Å²) < 4.78 is 0. The molecule has 5 heteroatoms. The number of hydrogen-bond donors (Lipinski definition) is 2. The standard InChI is InChI=1S/C13H29N3O2/c1-11(2)10-16(9-8-15(4)5)7-6-13(3,14)12(17)18/h11H,6-10,14H2,1-5H3,(H,17,18). The van der Waals surface area contributed by atoms with Gasteiger partial charge in [-0.15, -0.1) is 0 Å². The summed E-state index contributed by atoms with van der Waals surface area (Å²) in [5.41, 5.74) is 4.63. The average Bonchev–Trinajstić information content (AvgIpc) is 2.21. The summed E-state index contributed by atoms with van der Waals surface area (Å²) in [5, 5.41) is 9.00. The second kappa shape index (κ2) is 7.71. The van der Waals surface area contributed by atoms with Crippen molar-refractivity contribution in [1.82, 2.24) is 9.80 Å². The maximum atomic E-state index is 11.0. The molecule has 0 aliphatic rings. The molecular formula is C13H29N3O2. The van der Waals surface area contributed by atoms with Crippen molar-refractivity contribution in [3.63, 3.8) is 0 Å². The van der Waals surface area contributed by atoms with Gasteiger partial charge in [-0.1, -0.05) is 13.8 Å². The third kappa shape index (κ3) is 7.63. The molecule has 0 radical (unpaired) electrons. The number of aliphatic carboxylic acids is 1. The Labute approximate surface area is 111 Å². The Morgan fingerprint density at radius 2 is 1.83 bits per heavy atom. The minimum Gasteiger partial charge on any atom is -0.480 e. The molecule has 1 unspecified atom stereocenters. The summed E-state index contributed by atoms with van der Waals surface area (Å²) in [6, 6.07) is 0. The van der Waals surface area contributed by atoms with Gasteiger partial charge in [-0.05, 0) is 33.4 Å². The molecule has 0 aliphatic heterocycles. The highest BCUT2D eigenvalue weighted by atomic mass is 16.4. The van der Waals surface area contributed by atoms with E-state index in [1.54, 1.807) is 6.92 Å². The number of nitrogens with zero attached hydrogens (tertiary/aromatic N) is 2. The number of carboxylic acid groups (broad SMARTS) is 1. The summed E-state index contributed by atoms with van der Waals surface area (Å²) in [6.07, 6.45) is 0.475. The van der Waals surface area contributed by atoms with Gasteiger partial charge >= 0.3 is 5.97 Å². The van der Waals surface area contributed by atoms with E-state index < -0.39 is 11.5 Å². The molecule has 0 spiro atoms. The predicted molar refractivity (Wildman–Crippen MR) is 74.7 cm³/mol. The molecule has 0 fully saturated rings. The van der Waals surface area contributed by atoms with Gasteiger partial charge in [0.15, 0.2) is 0 Å². The number of carboxylic acids is 1. The monoisotopic (exact) mass is 259 g/mol. The quantitative estimate of drug-likeness (QED) is 0.638. The van der Waals surface area contributed by atoms with Gasteiger partial charge in [0.1, 0.15) is 5.54 Å². The van der Waals surface area contributed by atoms with Crippen molar-refractivity contribution in [1.29, 1.82) is 0 Å². The molecule has 18 heavy (non-hydrogen) atoms. The lowest BCUT2D eigenvalue weighted by Gasteiger charge is -2.28. The summed E-state index contributed by atoms with van der Waals surface area (Å²) in [4.78, 5) is 15.4. The fourth-order valence-corrected chi connectivity index (χ4v) is 1.65. The van der Waals surface area contributed by atoms with Crippen LogP contribution in [-0.4, -0.2) is 66.7 Å². The SMILES string of the molecule is CC(C)CN(CCN(C)C)CCC(C)(N)C(=O)O. The number of likely N-dealkylation sites (N-methyl/N-ethyl adjacent to an activating group) is 1. The number of nitrogens with two attached hydrogens (primary N) is 1. The lowest BCUT2D eigenvalue weighted by atomic mass is 9.99. The van der Waals surface area contributed by atoms with Crippen LogP contribution in [0.3, 0.4) is 0 Å².